The fraction of sp³-hybridized carbons (Fsp3) is 0.545. The number of carboxylic acids is 1. The maximum Gasteiger partial charge on any atom is 0.326 e. The summed E-state index contributed by atoms with van der Waals surface area (Å²) in [5, 5.41) is 25.0. The molecule has 0 bridgehead atoms. The predicted molar refractivity (Wildman–Crippen MR) is 64.2 cm³/mol. The van der Waals surface area contributed by atoms with Gasteiger partial charge in [-0.1, -0.05) is 0 Å². The first-order valence-electron chi connectivity index (χ1n) is 5.90. The molecule has 0 unspecified atom stereocenters. The van der Waals surface area contributed by atoms with Gasteiger partial charge in [0.2, 0.25) is 0 Å². The van der Waals surface area contributed by atoms with Crippen molar-refractivity contribution in [3.05, 3.63) is 18.0 Å². The van der Waals surface area contributed by atoms with E-state index in [9.17, 15) is 14.7 Å². The molecule has 1 aromatic rings. The van der Waals surface area contributed by atoms with Crippen molar-refractivity contribution in [2.24, 2.45) is 7.05 Å². The van der Waals surface area contributed by atoms with E-state index in [2.05, 4.69) is 10.4 Å². The van der Waals surface area contributed by atoms with E-state index < -0.39 is 24.1 Å². The Morgan fingerprint density at radius 3 is 2.89 bits per heavy atom. The zero-order valence-electron chi connectivity index (χ0n) is 10.5. The van der Waals surface area contributed by atoms with Gasteiger partial charge in [-0.05, 0) is 0 Å². The Balaban J connectivity index is 1.93. The number of hydrogen-bond acceptors (Lipinski definition) is 4. The Hall–Kier alpha value is -2.09. The molecule has 2 rings (SSSR count). The minimum absolute atomic E-state index is 0.0375. The highest BCUT2D eigenvalue weighted by atomic mass is 16.4. The van der Waals surface area contributed by atoms with E-state index in [4.69, 9.17) is 5.11 Å². The van der Waals surface area contributed by atoms with Gasteiger partial charge >= 0.3 is 12.0 Å². The Bertz CT molecular complexity index is 487. The van der Waals surface area contributed by atoms with Crippen molar-refractivity contribution in [2.75, 3.05) is 6.54 Å². The molecule has 104 valence electrons. The van der Waals surface area contributed by atoms with Gasteiger partial charge in [0.15, 0.2) is 0 Å². The van der Waals surface area contributed by atoms with Crippen LogP contribution in [0.2, 0.25) is 0 Å². The average Bonchev–Trinajstić information content (AvgIpc) is 2.92. The summed E-state index contributed by atoms with van der Waals surface area (Å²) in [7, 11) is 1.77. The summed E-state index contributed by atoms with van der Waals surface area (Å²) in [5.41, 5.74) is 0.822. The molecule has 3 N–H and O–H groups in total. The number of aliphatic hydroxyl groups excluding tert-OH is 1. The van der Waals surface area contributed by atoms with Crippen LogP contribution in [-0.2, 0) is 18.4 Å². The summed E-state index contributed by atoms with van der Waals surface area (Å²) in [4.78, 5) is 24.0. The van der Waals surface area contributed by atoms with Gasteiger partial charge in [0.05, 0.1) is 12.3 Å². The number of β-amino-alcohol motifs (C(OH)–C–C–N with tert-alkyl or cyclic N) is 1. The van der Waals surface area contributed by atoms with Crippen molar-refractivity contribution >= 4 is 12.0 Å². The average molecular weight is 268 g/mol. The highest BCUT2D eigenvalue weighted by Crippen LogP contribution is 2.18. The van der Waals surface area contributed by atoms with E-state index in [0.717, 1.165) is 10.5 Å². The molecule has 0 radical (unpaired) electrons. The lowest BCUT2D eigenvalue weighted by atomic mass is 10.2. The first-order chi connectivity index (χ1) is 8.97. The number of likely N-dealkylation sites (tertiary alicyclic amines) is 1. The van der Waals surface area contributed by atoms with Gasteiger partial charge in [-0.3, -0.25) is 4.68 Å². The van der Waals surface area contributed by atoms with E-state index in [-0.39, 0.29) is 19.5 Å². The fourth-order valence-electron chi connectivity index (χ4n) is 2.11. The summed E-state index contributed by atoms with van der Waals surface area (Å²) >= 11 is 0. The smallest absolute Gasteiger partial charge is 0.326 e. The zero-order chi connectivity index (χ0) is 14.0. The number of amides is 2. The highest BCUT2D eigenvalue weighted by molar-refractivity contribution is 5.83. The SMILES string of the molecule is Cn1cc(CNC(=O)N2C[C@H](O)C[C@@H]2C(=O)O)cn1. The van der Waals surface area contributed by atoms with Gasteiger partial charge in [0.25, 0.3) is 0 Å². The number of aryl methyl sites for hydroxylation is 1. The van der Waals surface area contributed by atoms with Crippen LogP contribution >= 0.6 is 0 Å². The number of aromatic nitrogens is 2. The van der Waals surface area contributed by atoms with Crippen LogP contribution < -0.4 is 5.32 Å². The third kappa shape index (κ3) is 3.02. The normalized spacial score (nSPS) is 22.5. The molecule has 19 heavy (non-hydrogen) atoms. The summed E-state index contributed by atoms with van der Waals surface area (Å²) in [6.07, 6.45) is 2.65. The molecule has 1 saturated heterocycles. The minimum Gasteiger partial charge on any atom is -0.480 e. The van der Waals surface area contributed by atoms with Crippen molar-refractivity contribution < 1.29 is 19.8 Å². The third-order valence-corrected chi connectivity index (χ3v) is 3.03. The third-order valence-electron chi connectivity index (χ3n) is 3.03. The van der Waals surface area contributed by atoms with Crippen LogP contribution in [0.15, 0.2) is 12.4 Å². The predicted octanol–water partition coefficient (Wildman–Crippen LogP) is -0.850. The number of carboxylic acid groups (broad SMARTS) is 1. The lowest BCUT2D eigenvalue weighted by molar-refractivity contribution is -0.141. The Kier molecular flexibility index (Phi) is 3.70. The van der Waals surface area contributed by atoms with Crippen molar-refractivity contribution in [3.63, 3.8) is 0 Å². The van der Waals surface area contributed by atoms with Crippen molar-refractivity contribution in [1.29, 1.82) is 0 Å². The van der Waals surface area contributed by atoms with Gasteiger partial charge in [0, 0.05) is 38.3 Å². The monoisotopic (exact) mass is 268 g/mol. The van der Waals surface area contributed by atoms with Gasteiger partial charge in [-0.15, -0.1) is 0 Å². The molecule has 2 amide bonds. The quantitative estimate of drug-likeness (QED) is 0.662. The summed E-state index contributed by atoms with van der Waals surface area (Å²) in [6.45, 7) is 0.307. The number of hydrogen-bond donors (Lipinski definition) is 3. The highest BCUT2D eigenvalue weighted by Gasteiger charge is 2.38. The molecule has 2 heterocycles. The molecule has 1 fully saturated rings. The number of aliphatic carboxylic acids is 1. The van der Waals surface area contributed by atoms with E-state index >= 15 is 0 Å². The zero-order valence-corrected chi connectivity index (χ0v) is 10.5. The maximum absolute atomic E-state index is 11.9. The fourth-order valence-corrected chi connectivity index (χ4v) is 2.11. The molecule has 1 aromatic heterocycles. The number of rotatable bonds is 3. The number of urea groups is 1. The molecule has 0 spiro atoms. The van der Waals surface area contributed by atoms with E-state index in [1.807, 2.05) is 0 Å². The van der Waals surface area contributed by atoms with Crippen LogP contribution in [0.5, 0.6) is 0 Å². The summed E-state index contributed by atoms with van der Waals surface area (Å²) < 4.78 is 1.61. The lowest BCUT2D eigenvalue weighted by Gasteiger charge is -2.21. The second-order valence-corrected chi connectivity index (χ2v) is 4.58. The van der Waals surface area contributed by atoms with Crippen LogP contribution in [0.4, 0.5) is 4.79 Å². The lowest BCUT2D eigenvalue weighted by Crippen LogP contribution is -2.45. The summed E-state index contributed by atoms with van der Waals surface area (Å²) in [5.74, 6) is -1.10. The molecule has 0 aromatic carbocycles. The molecule has 1 aliphatic heterocycles. The summed E-state index contributed by atoms with van der Waals surface area (Å²) in [6, 6.07) is -1.46. The standard InChI is InChI=1S/C11H16N4O4/c1-14-5-7(4-13-14)3-12-11(19)15-6-8(16)2-9(15)10(17)18/h4-5,8-9,16H,2-3,6H2,1H3,(H,12,19)(H,17,18)/t8-,9-/m1/s1. The van der Waals surface area contributed by atoms with Gasteiger partial charge in [0.1, 0.15) is 6.04 Å². The second kappa shape index (κ2) is 5.27. The maximum atomic E-state index is 11.9. The topological polar surface area (TPSA) is 108 Å². The van der Waals surface area contributed by atoms with E-state index in [1.165, 1.54) is 0 Å². The number of aliphatic hydroxyl groups is 1. The Morgan fingerprint density at radius 2 is 2.32 bits per heavy atom. The van der Waals surface area contributed by atoms with Crippen LogP contribution in [-0.4, -0.2) is 55.6 Å². The molecule has 0 saturated carbocycles. The van der Waals surface area contributed by atoms with Crippen LogP contribution in [0.1, 0.15) is 12.0 Å². The van der Waals surface area contributed by atoms with Crippen LogP contribution in [0.25, 0.3) is 0 Å². The van der Waals surface area contributed by atoms with Gasteiger partial charge in [-0.2, -0.15) is 5.10 Å². The molecule has 2 atom stereocenters. The van der Waals surface area contributed by atoms with Crippen LogP contribution in [0, 0.1) is 0 Å². The van der Waals surface area contributed by atoms with Crippen molar-refractivity contribution in [2.45, 2.75) is 25.1 Å². The number of carbonyl (C=O) groups excluding carboxylic acids is 1. The largest absolute Gasteiger partial charge is 0.480 e. The molecule has 8 heteroatoms. The number of carbonyl (C=O) groups is 2. The number of nitrogens with zero attached hydrogens (tertiary/aromatic N) is 3. The molecular formula is C11H16N4O4. The van der Waals surface area contributed by atoms with Crippen LogP contribution in [0.3, 0.4) is 0 Å². The molecular weight excluding hydrogens is 252 g/mol. The number of nitrogens with one attached hydrogen (secondary N) is 1. The van der Waals surface area contributed by atoms with E-state index in [1.54, 1.807) is 24.1 Å². The molecule has 0 aliphatic carbocycles. The minimum atomic E-state index is -1.10. The van der Waals surface area contributed by atoms with Crippen molar-refractivity contribution in [1.82, 2.24) is 20.0 Å². The van der Waals surface area contributed by atoms with Gasteiger partial charge < -0.3 is 20.4 Å². The Morgan fingerprint density at radius 1 is 1.58 bits per heavy atom. The first-order valence-corrected chi connectivity index (χ1v) is 5.90. The van der Waals surface area contributed by atoms with Crippen molar-refractivity contribution in [3.8, 4) is 0 Å². The second-order valence-electron chi connectivity index (χ2n) is 4.58. The first kappa shape index (κ1) is 13.3. The van der Waals surface area contributed by atoms with E-state index in [0.29, 0.717) is 0 Å². The van der Waals surface area contributed by atoms with Gasteiger partial charge in [-0.25, -0.2) is 9.59 Å². The molecule has 1 aliphatic rings. The Labute approximate surface area is 109 Å². The molecule has 8 nitrogen and oxygen atoms in total.